The van der Waals surface area contributed by atoms with Gasteiger partial charge in [0.25, 0.3) is 15.9 Å². The zero-order chi connectivity index (χ0) is 23.5. The standard InChI is InChI=1S/C20H21ClN4O5S2/c1-5-18-23-24-20(31-18)22-19(26)12-7-6-8-13(9-12)32(27,28)25(2)15-10-14(21)16(29-3)11-17(15)30-4/h6-11H,5H2,1-4H3,(H,22,24,26). The molecule has 9 nitrogen and oxygen atoms in total. The van der Waals surface area contributed by atoms with E-state index >= 15 is 0 Å². The fourth-order valence-corrected chi connectivity index (χ4v) is 4.95. The van der Waals surface area contributed by atoms with Crippen LogP contribution in [-0.2, 0) is 16.4 Å². The summed E-state index contributed by atoms with van der Waals surface area (Å²) >= 11 is 7.45. The van der Waals surface area contributed by atoms with E-state index in [4.69, 9.17) is 21.1 Å². The first-order valence-corrected chi connectivity index (χ1v) is 12.0. The summed E-state index contributed by atoms with van der Waals surface area (Å²) in [7, 11) is 0.188. The summed E-state index contributed by atoms with van der Waals surface area (Å²) in [5, 5.41) is 11.8. The molecule has 0 atom stereocenters. The van der Waals surface area contributed by atoms with Crippen LogP contribution in [0, 0.1) is 0 Å². The van der Waals surface area contributed by atoms with Crippen LogP contribution >= 0.6 is 22.9 Å². The first kappa shape index (κ1) is 23.8. The van der Waals surface area contributed by atoms with E-state index in [1.54, 1.807) is 0 Å². The highest BCUT2D eigenvalue weighted by Gasteiger charge is 2.26. The number of anilines is 2. The largest absolute Gasteiger partial charge is 0.495 e. The Morgan fingerprint density at radius 3 is 2.50 bits per heavy atom. The summed E-state index contributed by atoms with van der Waals surface area (Å²) in [5.41, 5.74) is 0.376. The fraction of sp³-hybridized carbons (Fsp3) is 0.250. The molecule has 0 fully saturated rings. The number of aromatic nitrogens is 2. The number of nitrogens with one attached hydrogen (secondary N) is 1. The molecule has 32 heavy (non-hydrogen) atoms. The molecule has 0 spiro atoms. The van der Waals surface area contributed by atoms with Crippen molar-refractivity contribution in [1.29, 1.82) is 0 Å². The molecular weight excluding hydrogens is 476 g/mol. The van der Waals surface area contributed by atoms with Crippen molar-refractivity contribution in [2.75, 3.05) is 30.9 Å². The Balaban J connectivity index is 1.92. The number of benzene rings is 2. The summed E-state index contributed by atoms with van der Waals surface area (Å²) in [5.74, 6) is 0.113. The van der Waals surface area contributed by atoms with Crippen molar-refractivity contribution in [3.05, 3.63) is 52.0 Å². The SMILES string of the molecule is CCc1nnc(NC(=O)c2cccc(S(=O)(=O)N(C)c3cc(Cl)c(OC)cc3OC)c2)s1. The number of rotatable bonds is 8. The molecule has 1 N–H and O–H groups in total. The van der Waals surface area contributed by atoms with Gasteiger partial charge in [0.2, 0.25) is 5.13 Å². The first-order valence-electron chi connectivity index (χ1n) is 9.35. The highest BCUT2D eigenvalue weighted by Crippen LogP contribution is 2.39. The van der Waals surface area contributed by atoms with Gasteiger partial charge in [0.15, 0.2) is 0 Å². The highest BCUT2D eigenvalue weighted by molar-refractivity contribution is 7.92. The number of methoxy groups -OCH3 is 2. The third-order valence-corrected chi connectivity index (χ3v) is 7.58. The number of nitrogens with zero attached hydrogens (tertiary/aromatic N) is 3. The Morgan fingerprint density at radius 2 is 1.88 bits per heavy atom. The van der Waals surface area contributed by atoms with Crippen LogP contribution in [-0.4, -0.2) is 45.8 Å². The van der Waals surface area contributed by atoms with Crippen molar-refractivity contribution >= 4 is 49.7 Å². The molecule has 170 valence electrons. The maximum Gasteiger partial charge on any atom is 0.264 e. The Kier molecular flexibility index (Phi) is 7.22. The van der Waals surface area contributed by atoms with E-state index in [1.165, 1.54) is 69.0 Å². The van der Waals surface area contributed by atoms with Crippen molar-refractivity contribution in [3.8, 4) is 11.5 Å². The fourth-order valence-electron chi connectivity index (χ4n) is 2.79. The molecule has 0 unspecified atom stereocenters. The maximum absolute atomic E-state index is 13.3. The van der Waals surface area contributed by atoms with Gasteiger partial charge in [-0.05, 0) is 30.7 Å². The van der Waals surface area contributed by atoms with Crippen LogP contribution in [0.3, 0.4) is 0 Å². The van der Waals surface area contributed by atoms with Gasteiger partial charge in [-0.15, -0.1) is 10.2 Å². The van der Waals surface area contributed by atoms with Crippen LogP contribution in [0.1, 0.15) is 22.3 Å². The highest BCUT2D eigenvalue weighted by atomic mass is 35.5. The molecule has 1 aromatic heterocycles. The number of hydrogen-bond acceptors (Lipinski definition) is 8. The quantitative estimate of drug-likeness (QED) is 0.504. The number of hydrogen-bond donors (Lipinski definition) is 1. The lowest BCUT2D eigenvalue weighted by atomic mass is 10.2. The molecule has 0 bridgehead atoms. The van der Waals surface area contributed by atoms with Crippen LogP contribution in [0.5, 0.6) is 11.5 Å². The lowest BCUT2D eigenvalue weighted by molar-refractivity contribution is 0.102. The number of aryl methyl sites for hydroxylation is 1. The molecule has 3 rings (SSSR count). The zero-order valence-electron chi connectivity index (χ0n) is 17.7. The minimum Gasteiger partial charge on any atom is -0.495 e. The van der Waals surface area contributed by atoms with Crippen molar-refractivity contribution in [2.45, 2.75) is 18.2 Å². The van der Waals surface area contributed by atoms with Gasteiger partial charge in [-0.3, -0.25) is 14.4 Å². The van der Waals surface area contributed by atoms with E-state index in [1.807, 2.05) is 6.92 Å². The lowest BCUT2D eigenvalue weighted by Gasteiger charge is -2.23. The van der Waals surface area contributed by atoms with Crippen molar-refractivity contribution in [1.82, 2.24) is 10.2 Å². The third-order valence-electron chi connectivity index (χ3n) is 4.54. The normalized spacial score (nSPS) is 11.2. The van der Waals surface area contributed by atoms with Crippen LogP contribution in [0.4, 0.5) is 10.8 Å². The number of amides is 1. The van der Waals surface area contributed by atoms with E-state index in [2.05, 4.69) is 15.5 Å². The molecule has 12 heteroatoms. The van der Waals surface area contributed by atoms with Crippen molar-refractivity contribution in [2.24, 2.45) is 0 Å². The van der Waals surface area contributed by atoms with Gasteiger partial charge in [0.1, 0.15) is 16.5 Å². The number of carbonyl (C=O) groups is 1. The molecular formula is C20H21ClN4O5S2. The molecule has 0 radical (unpaired) electrons. The molecule has 0 saturated carbocycles. The topological polar surface area (TPSA) is 111 Å². The number of carbonyl (C=O) groups excluding carboxylic acids is 1. The smallest absolute Gasteiger partial charge is 0.264 e. The second-order valence-corrected chi connectivity index (χ2v) is 9.91. The van der Waals surface area contributed by atoms with E-state index in [-0.39, 0.29) is 26.9 Å². The Morgan fingerprint density at radius 1 is 1.16 bits per heavy atom. The molecule has 1 heterocycles. The summed E-state index contributed by atoms with van der Waals surface area (Å²) < 4.78 is 38.1. The molecule has 0 saturated heterocycles. The summed E-state index contributed by atoms with van der Waals surface area (Å²) in [6.45, 7) is 1.93. The predicted octanol–water partition coefficient (Wildman–Crippen LogP) is 3.85. The Hall–Kier alpha value is -2.89. The maximum atomic E-state index is 13.3. The molecule has 3 aromatic rings. The minimum atomic E-state index is -4.04. The predicted molar refractivity (Wildman–Crippen MR) is 124 cm³/mol. The van der Waals surface area contributed by atoms with Crippen LogP contribution in [0.15, 0.2) is 41.3 Å². The molecule has 0 aliphatic carbocycles. The number of ether oxygens (including phenoxy) is 2. The van der Waals surface area contributed by atoms with E-state index in [0.29, 0.717) is 17.3 Å². The van der Waals surface area contributed by atoms with E-state index in [0.717, 1.165) is 9.31 Å². The first-order chi connectivity index (χ1) is 15.2. The second-order valence-electron chi connectivity index (χ2n) is 6.47. The van der Waals surface area contributed by atoms with Gasteiger partial charge >= 0.3 is 0 Å². The number of halogens is 1. The van der Waals surface area contributed by atoms with Crippen LogP contribution in [0.2, 0.25) is 5.02 Å². The van der Waals surface area contributed by atoms with Crippen molar-refractivity contribution < 1.29 is 22.7 Å². The summed E-state index contributed by atoms with van der Waals surface area (Å²) in [6, 6.07) is 8.64. The average Bonchev–Trinajstić information content (AvgIpc) is 3.25. The van der Waals surface area contributed by atoms with E-state index in [9.17, 15) is 13.2 Å². The van der Waals surface area contributed by atoms with Crippen LogP contribution < -0.4 is 19.1 Å². The number of sulfonamides is 1. The molecule has 1 amide bonds. The third kappa shape index (κ3) is 4.79. The van der Waals surface area contributed by atoms with Gasteiger partial charge < -0.3 is 9.47 Å². The summed E-state index contributed by atoms with van der Waals surface area (Å²) in [4.78, 5) is 12.5. The average molecular weight is 497 g/mol. The van der Waals surface area contributed by atoms with Gasteiger partial charge in [-0.1, -0.05) is 35.9 Å². The lowest BCUT2D eigenvalue weighted by Crippen LogP contribution is -2.27. The van der Waals surface area contributed by atoms with Crippen molar-refractivity contribution in [3.63, 3.8) is 0 Å². The van der Waals surface area contributed by atoms with Gasteiger partial charge in [-0.25, -0.2) is 8.42 Å². The zero-order valence-corrected chi connectivity index (χ0v) is 20.1. The van der Waals surface area contributed by atoms with Gasteiger partial charge in [-0.2, -0.15) is 0 Å². The van der Waals surface area contributed by atoms with Crippen LogP contribution in [0.25, 0.3) is 0 Å². The second kappa shape index (κ2) is 9.72. The Labute approximate surface area is 195 Å². The van der Waals surface area contributed by atoms with E-state index < -0.39 is 15.9 Å². The monoisotopic (exact) mass is 496 g/mol. The van der Waals surface area contributed by atoms with Gasteiger partial charge in [0, 0.05) is 18.7 Å². The minimum absolute atomic E-state index is 0.0758. The summed E-state index contributed by atoms with van der Waals surface area (Å²) in [6.07, 6.45) is 0.701. The molecule has 0 aliphatic rings. The molecule has 2 aromatic carbocycles. The molecule has 0 aliphatic heterocycles. The Bertz CT molecular complexity index is 1250. The van der Waals surface area contributed by atoms with Gasteiger partial charge in [0.05, 0.1) is 29.8 Å².